The summed E-state index contributed by atoms with van der Waals surface area (Å²) in [7, 11) is 0. The standard InChI is InChI=1S/C9H16O3/c1-2-8(10-5-1)3-4-9-11-6-7-12-9/h8-9H,1-7H2/t8-/m1/s1. The third-order valence-corrected chi connectivity index (χ3v) is 2.44. The van der Waals surface area contributed by atoms with Crippen LogP contribution in [0.15, 0.2) is 0 Å². The molecule has 2 heterocycles. The molecule has 0 aromatic heterocycles. The van der Waals surface area contributed by atoms with Gasteiger partial charge in [-0.2, -0.15) is 0 Å². The average Bonchev–Trinajstić information content (AvgIpc) is 2.74. The first-order chi connectivity index (χ1) is 5.95. The number of rotatable bonds is 3. The van der Waals surface area contributed by atoms with Crippen LogP contribution in [0.25, 0.3) is 0 Å². The summed E-state index contributed by atoms with van der Waals surface area (Å²) in [5.74, 6) is 0. The van der Waals surface area contributed by atoms with E-state index in [1.165, 1.54) is 12.8 Å². The van der Waals surface area contributed by atoms with Crippen LogP contribution in [0, 0.1) is 0 Å². The van der Waals surface area contributed by atoms with E-state index in [2.05, 4.69) is 0 Å². The maximum absolute atomic E-state index is 5.50. The highest BCUT2D eigenvalue weighted by atomic mass is 16.7. The van der Waals surface area contributed by atoms with Gasteiger partial charge < -0.3 is 14.2 Å². The van der Waals surface area contributed by atoms with Crippen LogP contribution >= 0.6 is 0 Å². The van der Waals surface area contributed by atoms with E-state index < -0.39 is 0 Å². The first-order valence-electron chi connectivity index (χ1n) is 4.80. The summed E-state index contributed by atoms with van der Waals surface area (Å²) in [4.78, 5) is 0. The molecule has 0 bridgehead atoms. The van der Waals surface area contributed by atoms with Crippen molar-refractivity contribution >= 4 is 0 Å². The average molecular weight is 172 g/mol. The van der Waals surface area contributed by atoms with Crippen LogP contribution in [-0.2, 0) is 14.2 Å². The first-order valence-corrected chi connectivity index (χ1v) is 4.80. The Labute approximate surface area is 73.0 Å². The summed E-state index contributed by atoms with van der Waals surface area (Å²) in [6.07, 6.45) is 5.03. The molecule has 12 heavy (non-hydrogen) atoms. The van der Waals surface area contributed by atoms with Crippen molar-refractivity contribution in [2.24, 2.45) is 0 Å². The molecule has 2 saturated heterocycles. The molecule has 0 saturated carbocycles. The minimum atomic E-state index is 0.0502. The molecule has 0 unspecified atom stereocenters. The summed E-state index contributed by atoms with van der Waals surface area (Å²) in [6, 6.07) is 0. The minimum Gasteiger partial charge on any atom is -0.378 e. The van der Waals surface area contributed by atoms with Crippen LogP contribution in [-0.4, -0.2) is 32.2 Å². The fraction of sp³-hybridized carbons (Fsp3) is 1.00. The van der Waals surface area contributed by atoms with E-state index in [0.29, 0.717) is 6.10 Å². The van der Waals surface area contributed by atoms with Gasteiger partial charge in [-0.05, 0) is 19.3 Å². The van der Waals surface area contributed by atoms with Crippen LogP contribution < -0.4 is 0 Å². The van der Waals surface area contributed by atoms with E-state index in [0.717, 1.165) is 32.7 Å². The molecule has 3 heteroatoms. The Morgan fingerprint density at radius 1 is 0.917 bits per heavy atom. The van der Waals surface area contributed by atoms with Crippen molar-refractivity contribution in [3.8, 4) is 0 Å². The number of ether oxygens (including phenoxy) is 3. The van der Waals surface area contributed by atoms with E-state index in [1.807, 2.05) is 0 Å². The third-order valence-electron chi connectivity index (χ3n) is 2.44. The Morgan fingerprint density at radius 3 is 2.42 bits per heavy atom. The molecule has 2 fully saturated rings. The van der Waals surface area contributed by atoms with E-state index in [4.69, 9.17) is 14.2 Å². The molecule has 0 aromatic rings. The molecule has 0 amide bonds. The van der Waals surface area contributed by atoms with Gasteiger partial charge in [-0.25, -0.2) is 0 Å². The summed E-state index contributed by atoms with van der Waals surface area (Å²) >= 11 is 0. The van der Waals surface area contributed by atoms with Gasteiger partial charge in [-0.1, -0.05) is 0 Å². The van der Waals surface area contributed by atoms with Crippen molar-refractivity contribution in [3.05, 3.63) is 0 Å². The second-order valence-electron chi connectivity index (χ2n) is 3.38. The zero-order valence-electron chi connectivity index (χ0n) is 7.33. The minimum absolute atomic E-state index is 0.0502. The quantitative estimate of drug-likeness (QED) is 0.642. The maximum Gasteiger partial charge on any atom is 0.157 e. The van der Waals surface area contributed by atoms with Gasteiger partial charge in [-0.3, -0.25) is 0 Å². The molecule has 1 atom stereocenters. The molecule has 0 spiro atoms. The van der Waals surface area contributed by atoms with Crippen LogP contribution in [0.1, 0.15) is 25.7 Å². The molecule has 70 valence electrons. The molecular weight excluding hydrogens is 156 g/mol. The molecule has 2 rings (SSSR count). The van der Waals surface area contributed by atoms with Gasteiger partial charge >= 0.3 is 0 Å². The Hall–Kier alpha value is -0.120. The van der Waals surface area contributed by atoms with Gasteiger partial charge in [0.1, 0.15) is 0 Å². The van der Waals surface area contributed by atoms with Crippen molar-refractivity contribution in [1.29, 1.82) is 0 Å². The lowest BCUT2D eigenvalue weighted by atomic mass is 10.1. The van der Waals surface area contributed by atoms with Gasteiger partial charge in [0, 0.05) is 13.0 Å². The van der Waals surface area contributed by atoms with Gasteiger partial charge in [0.25, 0.3) is 0 Å². The summed E-state index contributed by atoms with van der Waals surface area (Å²) in [5.41, 5.74) is 0. The molecule has 0 radical (unpaired) electrons. The molecule has 0 N–H and O–H groups in total. The maximum atomic E-state index is 5.50. The largest absolute Gasteiger partial charge is 0.378 e. The highest BCUT2D eigenvalue weighted by Gasteiger charge is 2.20. The molecule has 2 aliphatic heterocycles. The predicted octanol–water partition coefficient (Wildman–Crippen LogP) is 1.32. The van der Waals surface area contributed by atoms with Crippen LogP contribution in [0.4, 0.5) is 0 Å². The van der Waals surface area contributed by atoms with Crippen LogP contribution in [0.3, 0.4) is 0 Å². The second kappa shape index (κ2) is 4.21. The zero-order valence-corrected chi connectivity index (χ0v) is 7.33. The fourth-order valence-electron chi connectivity index (χ4n) is 1.77. The van der Waals surface area contributed by atoms with E-state index in [9.17, 15) is 0 Å². The monoisotopic (exact) mass is 172 g/mol. The van der Waals surface area contributed by atoms with Crippen molar-refractivity contribution in [1.82, 2.24) is 0 Å². The molecule has 0 aromatic carbocycles. The summed E-state index contributed by atoms with van der Waals surface area (Å²) < 4.78 is 16.2. The lowest BCUT2D eigenvalue weighted by Gasteiger charge is -2.12. The van der Waals surface area contributed by atoms with E-state index in [-0.39, 0.29) is 6.29 Å². The van der Waals surface area contributed by atoms with Gasteiger partial charge in [0.15, 0.2) is 6.29 Å². The van der Waals surface area contributed by atoms with Crippen LogP contribution in [0.2, 0.25) is 0 Å². The van der Waals surface area contributed by atoms with Gasteiger partial charge in [-0.15, -0.1) is 0 Å². The normalized spacial score (nSPS) is 31.5. The Kier molecular flexibility index (Phi) is 2.98. The number of hydrogen-bond donors (Lipinski definition) is 0. The van der Waals surface area contributed by atoms with E-state index in [1.54, 1.807) is 0 Å². The van der Waals surface area contributed by atoms with Crippen LogP contribution in [0.5, 0.6) is 0 Å². The van der Waals surface area contributed by atoms with E-state index >= 15 is 0 Å². The van der Waals surface area contributed by atoms with Crippen molar-refractivity contribution < 1.29 is 14.2 Å². The topological polar surface area (TPSA) is 27.7 Å². The van der Waals surface area contributed by atoms with Crippen molar-refractivity contribution in [2.45, 2.75) is 38.1 Å². The summed E-state index contributed by atoms with van der Waals surface area (Å²) in [5, 5.41) is 0. The Bertz CT molecular complexity index is 110. The van der Waals surface area contributed by atoms with Crippen molar-refractivity contribution in [3.63, 3.8) is 0 Å². The SMILES string of the molecule is C1CO[C@@H](CCC2OCCO2)C1. The lowest BCUT2D eigenvalue weighted by Crippen LogP contribution is -2.13. The fourth-order valence-corrected chi connectivity index (χ4v) is 1.77. The second-order valence-corrected chi connectivity index (χ2v) is 3.38. The smallest absolute Gasteiger partial charge is 0.157 e. The predicted molar refractivity (Wildman–Crippen MR) is 43.9 cm³/mol. The Balaban J connectivity index is 1.60. The Morgan fingerprint density at radius 2 is 1.75 bits per heavy atom. The summed E-state index contributed by atoms with van der Waals surface area (Å²) in [6.45, 7) is 2.46. The van der Waals surface area contributed by atoms with Gasteiger partial charge in [0.05, 0.1) is 19.3 Å². The van der Waals surface area contributed by atoms with Crippen molar-refractivity contribution in [2.75, 3.05) is 19.8 Å². The zero-order chi connectivity index (χ0) is 8.23. The highest BCUT2D eigenvalue weighted by molar-refractivity contribution is 4.66. The van der Waals surface area contributed by atoms with Gasteiger partial charge in [0.2, 0.25) is 0 Å². The molecule has 0 aliphatic carbocycles. The molecule has 2 aliphatic rings. The third kappa shape index (κ3) is 2.19. The lowest BCUT2D eigenvalue weighted by molar-refractivity contribution is -0.0552. The first kappa shape index (κ1) is 8.48. The number of hydrogen-bond acceptors (Lipinski definition) is 3. The molecular formula is C9H16O3. The molecule has 3 nitrogen and oxygen atoms in total. The highest BCUT2D eigenvalue weighted by Crippen LogP contribution is 2.20.